The fourth-order valence-corrected chi connectivity index (χ4v) is 3.78. The molecule has 1 atom stereocenters. The van der Waals surface area contributed by atoms with Crippen LogP contribution in [-0.4, -0.2) is 33.7 Å². The molecule has 0 spiro atoms. The maximum absolute atomic E-state index is 12.3. The molecule has 140 valence electrons. The number of hydrogen-bond donors (Lipinski definition) is 1. The Morgan fingerprint density at radius 2 is 2.04 bits per heavy atom. The highest BCUT2D eigenvalue weighted by Crippen LogP contribution is 2.19. The number of likely N-dealkylation sites (tertiary alicyclic amines) is 1. The summed E-state index contributed by atoms with van der Waals surface area (Å²) in [6.07, 6.45) is 2.61. The van der Waals surface area contributed by atoms with E-state index in [2.05, 4.69) is 40.4 Å². The molecule has 1 saturated heterocycles. The molecule has 0 radical (unpaired) electrons. The van der Waals surface area contributed by atoms with Gasteiger partial charge in [-0.15, -0.1) is 0 Å². The molecule has 1 amide bonds. The molecule has 2 heterocycles. The van der Waals surface area contributed by atoms with E-state index in [-0.39, 0.29) is 12.5 Å². The van der Waals surface area contributed by atoms with E-state index in [1.54, 1.807) is 4.68 Å². The Labute approximate surface area is 156 Å². The molecule has 1 fully saturated rings. The van der Waals surface area contributed by atoms with Crippen molar-refractivity contribution in [1.29, 1.82) is 0 Å². The third-order valence-electron chi connectivity index (χ3n) is 5.13. The number of aromatic nitrogens is 2. The zero-order valence-electron chi connectivity index (χ0n) is 16.2. The normalized spacial score (nSPS) is 18.0. The quantitative estimate of drug-likeness (QED) is 0.867. The average molecular weight is 354 g/mol. The summed E-state index contributed by atoms with van der Waals surface area (Å²) in [6.45, 7) is 10.4. The van der Waals surface area contributed by atoms with E-state index in [4.69, 9.17) is 0 Å². The maximum Gasteiger partial charge on any atom is 0.242 e. The second kappa shape index (κ2) is 8.49. The second-order valence-electron chi connectivity index (χ2n) is 7.61. The van der Waals surface area contributed by atoms with Gasteiger partial charge in [-0.2, -0.15) is 5.10 Å². The van der Waals surface area contributed by atoms with E-state index >= 15 is 0 Å². The number of benzene rings is 1. The highest BCUT2D eigenvalue weighted by atomic mass is 16.2. The minimum Gasteiger partial charge on any atom is -0.350 e. The lowest BCUT2D eigenvalue weighted by Crippen LogP contribution is -2.34. The first-order chi connectivity index (χ1) is 12.5. The van der Waals surface area contributed by atoms with Crippen LogP contribution in [0.15, 0.2) is 30.3 Å². The van der Waals surface area contributed by atoms with Gasteiger partial charge in [-0.3, -0.25) is 14.4 Å². The van der Waals surface area contributed by atoms with Crippen molar-refractivity contribution in [2.75, 3.05) is 13.1 Å². The highest BCUT2D eigenvalue weighted by Gasteiger charge is 2.17. The van der Waals surface area contributed by atoms with Gasteiger partial charge in [0.2, 0.25) is 5.91 Å². The zero-order valence-corrected chi connectivity index (χ0v) is 16.2. The van der Waals surface area contributed by atoms with Crippen molar-refractivity contribution in [3.8, 4) is 0 Å². The molecule has 1 aliphatic rings. The molecular weight excluding hydrogens is 324 g/mol. The van der Waals surface area contributed by atoms with E-state index in [1.165, 1.54) is 37.1 Å². The topological polar surface area (TPSA) is 50.2 Å². The zero-order chi connectivity index (χ0) is 18.5. The smallest absolute Gasteiger partial charge is 0.242 e. The molecule has 0 aliphatic carbocycles. The number of piperidine rings is 1. The summed E-state index contributed by atoms with van der Waals surface area (Å²) in [5.74, 6) is 0.772. The predicted octanol–water partition coefficient (Wildman–Crippen LogP) is 3.05. The fraction of sp³-hybridized carbons (Fsp3) is 0.524. The Kier molecular flexibility index (Phi) is 6.09. The first-order valence-corrected chi connectivity index (χ1v) is 9.58. The molecule has 0 bridgehead atoms. The van der Waals surface area contributed by atoms with Crippen molar-refractivity contribution in [3.63, 3.8) is 0 Å². The first-order valence-electron chi connectivity index (χ1n) is 9.58. The molecular formula is C21H30N4O. The Balaban J connectivity index is 1.57. The van der Waals surface area contributed by atoms with E-state index < -0.39 is 0 Å². The summed E-state index contributed by atoms with van der Waals surface area (Å²) in [4.78, 5) is 14.8. The molecule has 1 N–H and O–H groups in total. The Hall–Kier alpha value is -2.14. The van der Waals surface area contributed by atoms with E-state index in [0.717, 1.165) is 23.9 Å². The number of carbonyl (C=O) groups is 1. The molecule has 1 unspecified atom stereocenters. The number of nitrogens with zero attached hydrogens (tertiary/aromatic N) is 3. The van der Waals surface area contributed by atoms with Crippen molar-refractivity contribution < 1.29 is 4.79 Å². The first kappa shape index (κ1) is 18.6. The molecule has 1 aromatic heterocycles. The van der Waals surface area contributed by atoms with Crippen LogP contribution in [0.4, 0.5) is 0 Å². The summed E-state index contributed by atoms with van der Waals surface area (Å²) in [5.41, 5.74) is 4.47. The molecule has 5 heteroatoms. The van der Waals surface area contributed by atoms with Gasteiger partial charge in [0, 0.05) is 25.3 Å². The van der Waals surface area contributed by atoms with Crippen LogP contribution in [0.1, 0.15) is 42.3 Å². The van der Waals surface area contributed by atoms with Crippen molar-refractivity contribution >= 4 is 5.91 Å². The molecule has 3 rings (SSSR count). The maximum atomic E-state index is 12.3. The predicted molar refractivity (Wildman–Crippen MR) is 104 cm³/mol. The van der Waals surface area contributed by atoms with Crippen LogP contribution in [0, 0.1) is 19.8 Å². The summed E-state index contributed by atoms with van der Waals surface area (Å²) < 4.78 is 1.76. The van der Waals surface area contributed by atoms with Gasteiger partial charge >= 0.3 is 0 Å². The van der Waals surface area contributed by atoms with Crippen molar-refractivity contribution in [2.24, 2.45) is 5.92 Å². The van der Waals surface area contributed by atoms with Gasteiger partial charge in [0.1, 0.15) is 6.54 Å². The number of carbonyl (C=O) groups excluding carboxylic acids is 1. The van der Waals surface area contributed by atoms with E-state index in [1.807, 2.05) is 26.0 Å². The SMILES string of the molecule is Cc1cc(C)n(CC(=O)NCc2ccccc2CN2CCCC(C)C2)n1. The van der Waals surface area contributed by atoms with Crippen LogP contribution in [0.3, 0.4) is 0 Å². The van der Waals surface area contributed by atoms with Crippen LogP contribution in [-0.2, 0) is 24.4 Å². The Morgan fingerprint density at radius 1 is 1.27 bits per heavy atom. The second-order valence-corrected chi connectivity index (χ2v) is 7.61. The summed E-state index contributed by atoms with van der Waals surface area (Å²) in [5, 5.41) is 7.41. The molecule has 1 aromatic carbocycles. The largest absolute Gasteiger partial charge is 0.350 e. The Bertz CT molecular complexity index is 752. The van der Waals surface area contributed by atoms with Crippen LogP contribution in [0.5, 0.6) is 0 Å². The lowest BCUT2D eigenvalue weighted by Gasteiger charge is -2.31. The van der Waals surface area contributed by atoms with Crippen LogP contribution in [0.2, 0.25) is 0 Å². The van der Waals surface area contributed by atoms with Crippen LogP contribution >= 0.6 is 0 Å². The van der Waals surface area contributed by atoms with Crippen LogP contribution in [0.25, 0.3) is 0 Å². The van der Waals surface area contributed by atoms with Crippen LogP contribution < -0.4 is 5.32 Å². The van der Waals surface area contributed by atoms with Crippen molar-refractivity contribution in [2.45, 2.75) is 53.2 Å². The highest BCUT2D eigenvalue weighted by molar-refractivity contribution is 5.75. The number of hydrogen-bond acceptors (Lipinski definition) is 3. The fourth-order valence-electron chi connectivity index (χ4n) is 3.78. The number of amides is 1. The van der Waals surface area contributed by atoms with Gasteiger partial charge in [-0.1, -0.05) is 31.2 Å². The van der Waals surface area contributed by atoms with Gasteiger partial charge in [-0.05, 0) is 56.3 Å². The third-order valence-corrected chi connectivity index (χ3v) is 5.13. The van der Waals surface area contributed by atoms with Crippen molar-refractivity contribution in [3.05, 3.63) is 52.8 Å². The monoisotopic (exact) mass is 354 g/mol. The van der Waals surface area contributed by atoms with Gasteiger partial charge in [0.05, 0.1) is 5.69 Å². The lowest BCUT2D eigenvalue weighted by atomic mass is 9.99. The van der Waals surface area contributed by atoms with Gasteiger partial charge < -0.3 is 5.32 Å². The summed E-state index contributed by atoms with van der Waals surface area (Å²) >= 11 is 0. The lowest BCUT2D eigenvalue weighted by molar-refractivity contribution is -0.122. The summed E-state index contributed by atoms with van der Waals surface area (Å²) in [7, 11) is 0. The molecule has 1 aliphatic heterocycles. The number of aryl methyl sites for hydroxylation is 2. The minimum absolute atomic E-state index is 0.00222. The molecule has 0 saturated carbocycles. The minimum atomic E-state index is -0.00222. The summed E-state index contributed by atoms with van der Waals surface area (Å²) in [6, 6.07) is 10.4. The third kappa shape index (κ3) is 4.94. The number of nitrogens with one attached hydrogen (secondary N) is 1. The molecule has 2 aromatic rings. The van der Waals surface area contributed by atoms with Crippen molar-refractivity contribution in [1.82, 2.24) is 20.0 Å². The van der Waals surface area contributed by atoms with Gasteiger partial charge in [0.15, 0.2) is 0 Å². The van der Waals surface area contributed by atoms with E-state index in [0.29, 0.717) is 6.54 Å². The number of rotatable bonds is 6. The van der Waals surface area contributed by atoms with Gasteiger partial charge in [0.25, 0.3) is 0 Å². The molecule has 26 heavy (non-hydrogen) atoms. The van der Waals surface area contributed by atoms with Gasteiger partial charge in [-0.25, -0.2) is 0 Å². The standard InChI is InChI=1S/C21H30N4O/c1-16-7-6-10-24(13-16)14-20-9-5-4-8-19(20)12-22-21(26)15-25-18(3)11-17(2)23-25/h4-5,8-9,11,16H,6-7,10,12-15H2,1-3H3,(H,22,26). The average Bonchev–Trinajstić information content (AvgIpc) is 2.91. The van der Waals surface area contributed by atoms with E-state index in [9.17, 15) is 4.79 Å². The molecule has 5 nitrogen and oxygen atoms in total. The Morgan fingerprint density at radius 3 is 2.73 bits per heavy atom.